The average molecular weight is 213 g/mol. The molecule has 2 aromatic rings. The maximum atomic E-state index is 5.73. The highest BCUT2D eigenvalue weighted by Crippen LogP contribution is 2.20. The number of hydrogen-bond acceptors (Lipinski definition) is 5. The molecule has 5 heteroatoms. The van der Waals surface area contributed by atoms with E-state index < -0.39 is 0 Å². The van der Waals surface area contributed by atoms with Crippen LogP contribution >= 0.6 is 0 Å². The Kier molecular flexibility index (Phi) is 2.51. The molecule has 0 saturated carbocycles. The topological polar surface area (TPSA) is 90.7 Å². The lowest BCUT2D eigenvalue weighted by Gasteiger charge is -2.04. The van der Waals surface area contributed by atoms with Gasteiger partial charge in [-0.05, 0) is 18.2 Å². The maximum Gasteiger partial charge on any atom is 0.163 e. The van der Waals surface area contributed by atoms with Crippen LogP contribution in [-0.2, 0) is 0 Å². The van der Waals surface area contributed by atoms with Crippen LogP contribution in [0.15, 0.2) is 37.2 Å². The van der Waals surface area contributed by atoms with Crippen LogP contribution in [0.1, 0.15) is 5.69 Å². The lowest BCUT2D eigenvalue weighted by atomic mass is 10.2. The molecule has 0 saturated heterocycles. The Morgan fingerprint density at radius 1 is 1.19 bits per heavy atom. The molecule has 0 radical (unpaired) electrons. The predicted octanol–water partition coefficient (Wildman–Crippen LogP) is 1.05. The fourth-order valence-electron chi connectivity index (χ4n) is 1.27. The number of nitrogens with two attached hydrogens (primary N) is 2. The summed E-state index contributed by atoms with van der Waals surface area (Å²) >= 11 is 0. The van der Waals surface area contributed by atoms with Crippen molar-refractivity contribution in [2.45, 2.75) is 0 Å². The monoisotopic (exact) mass is 213 g/mol. The van der Waals surface area contributed by atoms with Crippen LogP contribution in [0.4, 0.5) is 5.82 Å². The molecule has 4 N–H and O–H groups in total. The Morgan fingerprint density at radius 2 is 2.00 bits per heavy atom. The predicted molar refractivity (Wildman–Crippen MR) is 62.9 cm³/mol. The largest absolute Gasteiger partial charge is 0.397 e. The van der Waals surface area contributed by atoms with Crippen LogP contribution in [0.2, 0.25) is 0 Å². The summed E-state index contributed by atoms with van der Waals surface area (Å²) in [6.07, 6.45) is 3.23. The number of hydrogen-bond donors (Lipinski definition) is 2. The van der Waals surface area contributed by atoms with Crippen molar-refractivity contribution in [1.82, 2.24) is 15.0 Å². The lowest BCUT2D eigenvalue weighted by molar-refractivity contribution is 1.14. The van der Waals surface area contributed by atoms with Crippen LogP contribution in [0.5, 0.6) is 0 Å². The second-order valence-corrected chi connectivity index (χ2v) is 3.23. The molecule has 0 aliphatic heterocycles. The van der Waals surface area contributed by atoms with Crippen LogP contribution in [-0.4, -0.2) is 15.0 Å². The minimum absolute atomic E-state index is 0.391. The van der Waals surface area contributed by atoms with Crippen molar-refractivity contribution in [3.8, 4) is 11.4 Å². The van der Waals surface area contributed by atoms with Crippen molar-refractivity contribution in [2.75, 3.05) is 5.73 Å². The third-order valence-corrected chi connectivity index (χ3v) is 2.06. The van der Waals surface area contributed by atoms with Crippen molar-refractivity contribution in [3.05, 3.63) is 42.9 Å². The molecule has 0 spiro atoms. The van der Waals surface area contributed by atoms with E-state index in [1.807, 2.05) is 0 Å². The zero-order valence-electron chi connectivity index (χ0n) is 8.59. The molecular weight excluding hydrogens is 202 g/mol. The van der Waals surface area contributed by atoms with Gasteiger partial charge in [0, 0.05) is 12.4 Å². The summed E-state index contributed by atoms with van der Waals surface area (Å²) in [6.45, 7) is 3.62. The highest BCUT2D eigenvalue weighted by Gasteiger charge is 2.07. The van der Waals surface area contributed by atoms with E-state index in [0.717, 1.165) is 0 Å². The third-order valence-electron chi connectivity index (χ3n) is 2.06. The minimum Gasteiger partial charge on any atom is -0.397 e. The first kappa shape index (κ1) is 10.1. The fraction of sp³-hybridized carbons (Fsp3) is 0. The summed E-state index contributed by atoms with van der Waals surface area (Å²) < 4.78 is 0. The molecule has 0 aliphatic carbocycles. The van der Waals surface area contributed by atoms with E-state index in [0.29, 0.717) is 28.6 Å². The molecule has 0 aliphatic rings. The number of nitrogen functional groups attached to an aromatic ring is 1. The number of rotatable bonds is 2. The van der Waals surface area contributed by atoms with Crippen molar-refractivity contribution in [3.63, 3.8) is 0 Å². The lowest BCUT2D eigenvalue weighted by Crippen LogP contribution is -2.01. The van der Waals surface area contributed by atoms with E-state index in [1.165, 1.54) is 0 Å². The second-order valence-electron chi connectivity index (χ2n) is 3.23. The molecule has 2 heterocycles. The van der Waals surface area contributed by atoms with Gasteiger partial charge in [0.1, 0.15) is 5.82 Å². The van der Waals surface area contributed by atoms with Crippen LogP contribution in [0.25, 0.3) is 17.1 Å². The van der Waals surface area contributed by atoms with Gasteiger partial charge in [-0.3, -0.25) is 0 Å². The van der Waals surface area contributed by atoms with E-state index in [1.54, 1.807) is 30.6 Å². The van der Waals surface area contributed by atoms with Crippen molar-refractivity contribution in [1.29, 1.82) is 0 Å². The van der Waals surface area contributed by atoms with Crippen LogP contribution in [0.3, 0.4) is 0 Å². The Labute approximate surface area is 92.9 Å². The third kappa shape index (κ3) is 1.83. The molecule has 0 amide bonds. The van der Waals surface area contributed by atoms with Crippen molar-refractivity contribution < 1.29 is 0 Å². The zero-order valence-corrected chi connectivity index (χ0v) is 8.59. The molecule has 2 rings (SSSR count). The zero-order chi connectivity index (χ0) is 11.5. The van der Waals surface area contributed by atoms with Gasteiger partial charge in [-0.15, -0.1) is 0 Å². The molecule has 2 aromatic heterocycles. The fourth-order valence-corrected chi connectivity index (χ4v) is 1.27. The Morgan fingerprint density at radius 3 is 2.69 bits per heavy atom. The SMILES string of the molecule is C=C(N)c1ccnc(-c2cccnc2N)n1. The molecule has 0 atom stereocenters. The van der Waals surface area contributed by atoms with E-state index in [-0.39, 0.29) is 0 Å². The van der Waals surface area contributed by atoms with Gasteiger partial charge < -0.3 is 11.5 Å². The quantitative estimate of drug-likeness (QED) is 0.778. The number of nitrogens with zero attached hydrogens (tertiary/aromatic N) is 3. The Bertz CT molecular complexity index is 535. The van der Waals surface area contributed by atoms with E-state index >= 15 is 0 Å². The van der Waals surface area contributed by atoms with E-state index in [9.17, 15) is 0 Å². The van der Waals surface area contributed by atoms with Gasteiger partial charge in [-0.2, -0.15) is 0 Å². The Balaban J connectivity index is 2.53. The molecule has 0 aromatic carbocycles. The summed E-state index contributed by atoms with van der Waals surface area (Å²) in [7, 11) is 0. The number of aromatic nitrogens is 3. The van der Waals surface area contributed by atoms with Gasteiger partial charge in [-0.25, -0.2) is 15.0 Å². The minimum atomic E-state index is 0.391. The molecule has 0 fully saturated rings. The van der Waals surface area contributed by atoms with Crippen molar-refractivity contribution >= 4 is 11.5 Å². The van der Waals surface area contributed by atoms with Gasteiger partial charge >= 0.3 is 0 Å². The summed E-state index contributed by atoms with van der Waals surface area (Å²) in [4.78, 5) is 12.3. The van der Waals surface area contributed by atoms with Gasteiger partial charge in [0.05, 0.1) is 17.0 Å². The summed E-state index contributed by atoms with van der Waals surface area (Å²) in [5, 5.41) is 0. The molecular formula is C11H11N5. The molecule has 5 nitrogen and oxygen atoms in total. The Hall–Kier alpha value is -2.43. The second kappa shape index (κ2) is 3.98. The first-order chi connectivity index (χ1) is 7.68. The van der Waals surface area contributed by atoms with Crippen LogP contribution in [0, 0.1) is 0 Å². The molecule has 0 bridgehead atoms. The summed E-state index contributed by atoms with van der Waals surface area (Å²) in [5.41, 5.74) is 13.0. The van der Waals surface area contributed by atoms with Gasteiger partial charge in [0.15, 0.2) is 5.82 Å². The normalized spacial score (nSPS) is 10.0. The van der Waals surface area contributed by atoms with E-state index in [4.69, 9.17) is 11.5 Å². The number of anilines is 1. The summed E-state index contributed by atoms with van der Waals surface area (Å²) in [6, 6.07) is 5.28. The smallest absolute Gasteiger partial charge is 0.163 e. The molecule has 0 unspecified atom stereocenters. The standard InChI is InChI=1S/C11H11N5/c1-7(12)9-4-6-15-11(16-9)8-3-2-5-14-10(8)13/h2-6H,1,12H2,(H2,13,14). The highest BCUT2D eigenvalue weighted by atomic mass is 14.9. The van der Waals surface area contributed by atoms with Gasteiger partial charge in [-0.1, -0.05) is 6.58 Å². The first-order valence-corrected chi connectivity index (χ1v) is 4.67. The first-order valence-electron chi connectivity index (χ1n) is 4.67. The average Bonchev–Trinajstić information content (AvgIpc) is 2.30. The van der Waals surface area contributed by atoms with E-state index in [2.05, 4.69) is 21.5 Å². The van der Waals surface area contributed by atoms with Crippen molar-refractivity contribution in [2.24, 2.45) is 5.73 Å². The number of pyridine rings is 1. The molecule has 80 valence electrons. The molecule has 16 heavy (non-hydrogen) atoms. The summed E-state index contributed by atoms with van der Waals surface area (Å²) in [5.74, 6) is 0.886. The van der Waals surface area contributed by atoms with Crippen LogP contribution < -0.4 is 11.5 Å². The maximum absolute atomic E-state index is 5.73. The van der Waals surface area contributed by atoms with Gasteiger partial charge in [0.2, 0.25) is 0 Å². The highest BCUT2D eigenvalue weighted by molar-refractivity contribution is 5.69. The van der Waals surface area contributed by atoms with Gasteiger partial charge in [0.25, 0.3) is 0 Å².